The zero-order valence-electron chi connectivity index (χ0n) is 13.4. The maximum Gasteiger partial charge on any atom is 0.364 e. The number of nitriles is 1. The third-order valence-corrected chi connectivity index (χ3v) is 6.80. The van der Waals surface area contributed by atoms with Gasteiger partial charge in [0.15, 0.2) is 5.60 Å². The van der Waals surface area contributed by atoms with Gasteiger partial charge in [-0.3, -0.25) is 0 Å². The third-order valence-electron chi connectivity index (χ3n) is 4.78. The highest BCUT2D eigenvalue weighted by Gasteiger charge is 2.72. The highest BCUT2D eigenvalue weighted by atomic mass is 32.2. The van der Waals surface area contributed by atoms with Crippen molar-refractivity contribution < 1.29 is 32.3 Å². The summed E-state index contributed by atoms with van der Waals surface area (Å²) in [5.74, 6) is -1.05. The molecular weight excluding hydrogens is 385 g/mol. The van der Waals surface area contributed by atoms with Gasteiger partial charge in [-0.1, -0.05) is 0 Å². The van der Waals surface area contributed by atoms with Crippen LogP contribution in [-0.4, -0.2) is 19.7 Å². The Labute approximate surface area is 151 Å². The Morgan fingerprint density at radius 1 is 1.33 bits per heavy atom. The van der Waals surface area contributed by atoms with Crippen LogP contribution in [0.4, 0.5) is 13.2 Å². The number of aliphatic hydroxyl groups is 2. The van der Waals surface area contributed by atoms with E-state index in [1.165, 1.54) is 6.07 Å². The van der Waals surface area contributed by atoms with Gasteiger partial charge in [0.25, 0.3) is 0 Å². The summed E-state index contributed by atoms with van der Waals surface area (Å²) in [6.45, 7) is 0. The Kier molecular flexibility index (Phi) is 3.44. The van der Waals surface area contributed by atoms with Crippen molar-refractivity contribution in [2.24, 2.45) is 0 Å². The zero-order valence-corrected chi connectivity index (χ0v) is 14.2. The third kappa shape index (κ3) is 2.10. The topological polar surface area (TPSA) is 114 Å². The van der Waals surface area contributed by atoms with Crippen LogP contribution in [0.5, 0.6) is 11.5 Å². The number of benzene rings is 2. The normalized spacial score (nSPS) is 30.0. The lowest BCUT2D eigenvalue weighted by molar-refractivity contribution is -0.135. The fourth-order valence-corrected chi connectivity index (χ4v) is 5.37. The van der Waals surface area contributed by atoms with Crippen molar-refractivity contribution in [2.45, 2.75) is 28.3 Å². The van der Waals surface area contributed by atoms with E-state index in [0.29, 0.717) is 0 Å². The highest BCUT2D eigenvalue weighted by molar-refractivity contribution is 7.94. The van der Waals surface area contributed by atoms with Gasteiger partial charge in [-0.2, -0.15) is 14.0 Å². The number of aliphatic hydroxyl groups excluding tert-OH is 1. The Morgan fingerprint density at radius 3 is 2.70 bits per heavy atom. The predicted octanol–water partition coefficient (Wildman–Crippen LogP) is 3.13. The van der Waals surface area contributed by atoms with E-state index in [2.05, 4.69) is 0 Å². The molecule has 1 heterocycles. The lowest BCUT2D eigenvalue weighted by Gasteiger charge is -2.26. The second kappa shape index (κ2) is 5.22. The maximum absolute atomic E-state index is 14.5. The van der Waals surface area contributed by atoms with Crippen LogP contribution in [-0.2, 0) is 15.3 Å². The summed E-state index contributed by atoms with van der Waals surface area (Å²) in [6, 6.07) is 6.96. The number of nitrogens with one attached hydrogen (secondary N) is 1. The molecule has 1 aliphatic heterocycles. The Morgan fingerprint density at radius 2 is 2.04 bits per heavy atom. The van der Waals surface area contributed by atoms with Crippen LogP contribution in [0.3, 0.4) is 0 Å². The average Bonchev–Trinajstić information content (AvgIpc) is 2.92. The molecule has 1 aliphatic carbocycles. The molecule has 4 rings (SSSR count). The minimum atomic E-state index is -4.65. The van der Waals surface area contributed by atoms with Gasteiger partial charge in [0.2, 0.25) is 0 Å². The first-order chi connectivity index (χ1) is 12.5. The van der Waals surface area contributed by atoms with Crippen molar-refractivity contribution in [2.75, 3.05) is 0 Å². The lowest BCUT2D eigenvalue weighted by Crippen LogP contribution is -2.43. The van der Waals surface area contributed by atoms with Crippen LogP contribution in [0.1, 0.15) is 29.2 Å². The molecule has 0 amide bonds. The van der Waals surface area contributed by atoms with Crippen molar-refractivity contribution in [1.29, 1.82) is 10.0 Å². The number of hydrogen-bond acceptors (Lipinski definition) is 6. The summed E-state index contributed by atoms with van der Waals surface area (Å²) in [5.41, 5.74) is -3.72. The summed E-state index contributed by atoms with van der Waals surface area (Å²) in [7, 11) is -4.65. The molecule has 6 nitrogen and oxygen atoms in total. The summed E-state index contributed by atoms with van der Waals surface area (Å²) in [5, 5.41) is 25.3. The molecule has 0 spiro atoms. The number of rotatable bonds is 2. The SMILES string of the molecule is N#Cc1cc(F)cc(Oc2ccc3c4c2C(O)CC4(O)C(F)(F)S3(=N)=O)c1. The molecule has 3 N–H and O–H groups in total. The molecule has 0 aromatic heterocycles. The second-order valence-corrected chi connectivity index (χ2v) is 8.46. The van der Waals surface area contributed by atoms with Crippen molar-refractivity contribution in [3.05, 3.63) is 52.8 Å². The summed E-state index contributed by atoms with van der Waals surface area (Å²) in [4.78, 5) is -0.564. The van der Waals surface area contributed by atoms with Crippen LogP contribution >= 0.6 is 0 Å². The maximum atomic E-state index is 14.5. The van der Waals surface area contributed by atoms with Gasteiger partial charge >= 0.3 is 5.25 Å². The van der Waals surface area contributed by atoms with Crippen molar-refractivity contribution in [3.63, 3.8) is 0 Å². The van der Waals surface area contributed by atoms with Gasteiger partial charge in [0.1, 0.15) is 27.0 Å². The van der Waals surface area contributed by atoms with Crippen LogP contribution in [0, 0.1) is 21.9 Å². The largest absolute Gasteiger partial charge is 0.457 e. The quantitative estimate of drug-likeness (QED) is 0.722. The Hall–Kier alpha value is -2.61. The Balaban J connectivity index is 1.91. The first-order valence-electron chi connectivity index (χ1n) is 7.65. The van der Waals surface area contributed by atoms with Crippen LogP contribution in [0.2, 0.25) is 0 Å². The van der Waals surface area contributed by atoms with Crippen LogP contribution in [0.15, 0.2) is 35.2 Å². The molecule has 27 heavy (non-hydrogen) atoms. The standard InChI is InChI=1S/C17H11F3N2O4S/c18-9-3-8(7-21)4-10(5-9)26-12-1-2-13-15-14(12)11(23)6-16(15,24)17(19,20)27(13,22)25/h1-5,11,22-24H,6H2. The monoisotopic (exact) mass is 396 g/mol. The van der Waals surface area contributed by atoms with E-state index in [1.807, 2.05) is 0 Å². The van der Waals surface area contributed by atoms with E-state index in [9.17, 15) is 27.6 Å². The van der Waals surface area contributed by atoms with E-state index in [4.69, 9.17) is 14.8 Å². The molecule has 2 aliphatic rings. The molecule has 0 fully saturated rings. The number of halogens is 3. The highest BCUT2D eigenvalue weighted by Crippen LogP contribution is 2.63. The fraction of sp³-hybridized carbons (Fsp3) is 0.235. The van der Waals surface area contributed by atoms with Crippen LogP contribution in [0.25, 0.3) is 0 Å². The fourth-order valence-electron chi connectivity index (χ4n) is 3.60. The molecule has 140 valence electrons. The molecule has 10 heteroatoms. The Bertz CT molecular complexity index is 1140. The summed E-state index contributed by atoms with van der Waals surface area (Å²) in [6.07, 6.45) is -2.42. The first-order valence-corrected chi connectivity index (χ1v) is 9.21. The van der Waals surface area contributed by atoms with Crippen molar-refractivity contribution in [3.8, 4) is 17.6 Å². The average molecular weight is 396 g/mol. The number of alkyl halides is 2. The van der Waals surface area contributed by atoms with Crippen molar-refractivity contribution >= 4 is 9.73 Å². The molecule has 0 radical (unpaired) electrons. The van der Waals surface area contributed by atoms with Gasteiger partial charge in [0.05, 0.1) is 22.6 Å². The van der Waals surface area contributed by atoms with Gasteiger partial charge in [-0.15, -0.1) is 0 Å². The predicted molar refractivity (Wildman–Crippen MR) is 85.2 cm³/mol. The summed E-state index contributed by atoms with van der Waals surface area (Å²) >= 11 is 0. The smallest absolute Gasteiger partial charge is 0.364 e. The van der Waals surface area contributed by atoms with Gasteiger partial charge in [-0.05, 0) is 24.3 Å². The van der Waals surface area contributed by atoms with Gasteiger partial charge in [-0.25, -0.2) is 13.4 Å². The van der Waals surface area contributed by atoms with E-state index in [1.54, 1.807) is 6.07 Å². The van der Waals surface area contributed by atoms with E-state index >= 15 is 0 Å². The van der Waals surface area contributed by atoms with E-state index in [0.717, 1.165) is 24.3 Å². The number of nitrogens with zero attached hydrogens (tertiary/aromatic N) is 1. The number of hydrogen-bond donors (Lipinski definition) is 3. The minimum Gasteiger partial charge on any atom is -0.457 e. The second-order valence-electron chi connectivity index (χ2n) is 6.39. The van der Waals surface area contributed by atoms with E-state index in [-0.39, 0.29) is 22.6 Å². The van der Waals surface area contributed by atoms with Crippen molar-refractivity contribution in [1.82, 2.24) is 0 Å². The molecule has 2 aromatic rings. The van der Waals surface area contributed by atoms with E-state index < -0.39 is 49.4 Å². The zero-order chi connectivity index (χ0) is 19.8. The first kappa shape index (κ1) is 17.8. The van der Waals surface area contributed by atoms with Gasteiger partial charge in [0, 0.05) is 23.6 Å². The molecule has 0 saturated carbocycles. The molecule has 3 atom stereocenters. The number of ether oxygens (including phenoxy) is 1. The van der Waals surface area contributed by atoms with Crippen LogP contribution < -0.4 is 4.74 Å². The lowest BCUT2D eigenvalue weighted by atomic mass is 9.96. The molecule has 3 unspecified atom stereocenters. The summed E-state index contributed by atoms with van der Waals surface area (Å²) < 4.78 is 68.0. The molecule has 0 saturated heterocycles. The molecular formula is C17H11F3N2O4S. The minimum absolute atomic E-state index is 0.0413. The van der Waals surface area contributed by atoms with Gasteiger partial charge < -0.3 is 14.9 Å². The molecule has 0 bridgehead atoms. The molecule has 2 aromatic carbocycles.